The Hall–Kier alpha value is -2.22. The summed E-state index contributed by atoms with van der Waals surface area (Å²) >= 11 is 0. The number of carbonyl (C=O) groups excluding carboxylic acids is 3. The second-order valence-electron chi connectivity index (χ2n) is 6.48. The number of ether oxygens (including phenoxy) is 1. The zero-order valence-corrected chi connectivity index (χ0v) is 16.5. The summed E-state index contributed by atoms with van der Waals surface area (Å²) in [4.78, 5) is 36.8. The highest BCUT2D eigenvalue weighted by atomic mass is 32.2. The van der Waals surface area contributed by atoms with Gasteiger partial charge in [0, 0.05) is 11.8 Å². The van der Waals surface area contributed by atoms with Gasteiger partial charge >= 0.3 is 12.0 Å². The third-order valence-corrected chi connectivity index (χ3v) is 5.82. The maximum atomic E-state index is 12.4. The van der Waals surface area contributed by atoms with E-state index in [1.54, 1.807) is 25.1 Å². The SMILES string of the molecule is CC[S@](=O)c1ccccc1C(=O)O[C@H](C)C(=O)NC(=O)NC1CCCCC1. The standard InChI is InChI=1S/C19H26N2O5S/c1-3-27(25)16-12-8-7-11-15(16)18(23)26-13(2)17(22)21-19(24)20-14-9-5-4-6-10-14/h7-8,11-14H,3-6,9-10H2,1-2H3,(H2,20,21,22,24)/t13-,27+/m1/s1. The summed E-state index contributed by atoms with van der Waals surface area (Å²) in [6, 6.07) is 5.91. The average Bonchev–Trinajstić information content (AvgIpc) is 2.67. The van der Waals surface area contributed by atoms with Crippen molar-refractivity contribution in [3.05, 3.63) is 29.8 Å². The lowest BCUT2D eigenvalue weighted by molar-refractivity contribution is -0.127. The van der Waals surface area contributed by atoms with Gasteiger partial charge in [0.2, 0.25) is 0 Å². The van der Waals surface area contributed by atoms with E-state index < -0.39 is 34.8 Å². The molecule has 0 aliphatic heterocycles. The van der Waals surface area contributed by atoms with Crippen molar-refractivity contribution in [3.8, 4) is 0 Å². The molecule has 0 aromatic heterocycles. The molecular weight excluding hydrogens is 368 g/mol. The van der Waals surface area contributed by atoms with Gasteiger partial charge in [-0.1, -0.05) is 38.3 Å². The van der Waals surface area contributed by atoms with Gasteiger partial charge in [-0.05, 0) is 31.9 Å². The topological polar surface area (TPSA) is 102 Å². The van der Waals surface area contributed by atoms with E-state index in [1.165, 1.54) is 13.0 Å². The van der Waals surface area contributed by atoms with E-state index >= 15 is 0 Å². The van der Waals surface area contributed by atoms with E-state index in [0.717, 1.165) is 32.1 Å². The molecule has 0 radical (unpaired) electrons. The van der Waals surface area contributed by atoms with Gasteiger partial charge in [0.1, 0.15) is 0 Å². The van der Waals surface area contributed by atoms with Crippen LogP contribution in [-0.2, 0) is 20.3 Å². The van der Waals surface area contributed by atoms with Crippen LogP contribution in [0.3, 0.4) is 0 Å². The molecule has 2 rings (SSSR count). The molecule has 0 spiro atoms. The van der Waals surface area contributed by atoms with Crippen LogP contribution >= 0.6 is 0 Å². The van der Waals surface area contributed by atoms with Gasteiger partial charge in [0.25, 0.3) is 5.91 Å². The molecule has 0 heterocycles. The van der Waals surface area contributed by atoms with E-state index in [-0.39, 0.29) is 11.6 Å². The highest BCUT2D eigenvalue weighted by Crippen LogP contribution is 2.17. The summed E-state index contributed by atoms with van der Waals surface area (Å²) in [5.74, 6) is -1.09. The molecule has 7 nitrogen and oxygen atoms in total. The Kier molecular flexibility index (Phi) is 7.97. The average molecular weight is 394 g/mol. The third kappa shape index (κ3) is 6.16. The maximum absolute atomic E-state index is 12.4. The molecule has 148 valence electrons. The fraction of sp³-hybridized carbons (Fsp3) is 0.526. The summed E-state index contributed by atoms with van der Waals surface area (Å²) in [6.07, 6.45) is 3.93. The Labute approximate surface area is 161 Å². The minimum absolute atomic E-state index is 0.0697. The summed E-state index contributed by atoms with van der Waals surface area (Å²) < 4.78 is 17.2. The molecule has 27 heavy (non-hydrogen) atoms. The lowest BCUT2D eigenvalue weighted by Gasteiger charge is -2.23. The number of rotatable bonds is 6. The van der Waals surface area contributed by atoms with Crippen LogP contribution in [0.25, 0.3) is 0 Å². The molecule has 1 saturated carbocycles. The zero-order chi connectivity index (χ0) is 19.8. The molecule has 0 unspecified atom stereocenters. The van der Waals surface area contributed by atoms with Crippen molar-refractivity contribution >= 4 is 28.7 Å². The molecule has 8 heteroatoms. The van der Waals surface area contributed by atoms with Crippen LogP contribution in [0.2, 0.25) is 0 Å². The lowest BCUT2D eigenvalue weighted by Crippen LogP contribution is -2.48. The van der Waals surface area contributed by atoms with E-state index in [4.69, 9.17) is 4.74 Å². The fourth-order valence-electron chi connectivity index (χ4n) is 2.95. The molecule has 1 aliphatic rings. The van der Waals surface area contributed by atoms with Gasteiger partial charge in [-0.3, -0.25) is 14.3 Å². The monoisotopic (exact) mass is 394 g/mol. The minimum Gasteiger partial charge on any atom is -0.449 e. The smallest absolute Gasteiger partial charge is 0.340 e. The molecule has 1 fully saturated rings. The van der Waals surface area contributed by atoms with Crippen LogP contribution in [0.4, 0.5) is 4.79 Å². The number of esters is 1. The lowest BCUT2D eigenvalue weighted by atomic mass is 9.96. The van der Waals surface area contributed by atoms with E-state index in [2.05, 4.69) is 10.6 Å². The van der Waals surface area contributed by atoms with E-state index in [1.807, 2.05) is 0 Å². The normalized spacial score (nSPS) is 16.8. The number of urea groups is 1. The first kappa shape index (κ1) is 21.1. The number of carbonyl (C=O) groups is 3. The Bertz CT molecular complexity index is 716. The van der Waals surface area contributed by atoms with Crippen LogP contribution in [0.15, 0.2) is 29.2 Å². The van der Waals surface area contributed by atoms with E-state index in [0.29, 0.717) is 10.6 Å². The van der Waals surface area contributed by atoms with Gasteiger partial charge in [0.15, 0.2) is 6.10 Å². The maximum Gasteiger partial charge on any atom is 0.340 e. The van der Waals surface area contributed by atoms with Crippen molar-refractivity contribution in [2.24, 2.45) is 0 Å². The highest BCUT2D eigenvalue weighted by molar-refractivity contribution is 7.85. The fourth-order valence-corrected chi connectivity index (χ4v) is 3.89. The Morgan fingerprint density at radius 1 is 1.19 bits per heavy atom. The van der Waals surface area contributed by atoms with Crippen LogP contribution in [0.1, 0.15) is 56.3 Å². The summed E-state index contributed by atoms with van der Waals surface area (Å²) in [5, 5.41) is 4.98. The molecule has 2 N–H and O–H groups in total. The minimum atomic E-state index is -1.33. The van der Waals surface area contributed by atoms with Gasteiger partial charge < -0.3 is 10.1 Å². The number of nitrogens with one attached hydrogen (secondary N) is 2. The predicted octanol–water partition coefficient (Wildman–Crippen LogP) is 2.52. The van der Waals surface area contributed by atoms with Crippen molar-refractivity contribution in [1.29, 1.82) is 0 Å². The Morgan fingerprint density at radius 2 is 1.85 bits per heavy atom. The largest absolute Gasteiger partial charge is 0.449 e. The Balaban J connectivity index is 1.91. The second-order valence-corrected chi connectivity index (χ2v) is 8.18. The first-order valence-corrected chi connectivity index (χ1v) is 10.5. The molecule has 1 aromatic carbocycles. The number of amides is 3. The summed E-state index contributed by atoms with van der Waals surface area (Å²) in [7, 11) is -1.33. The van der Waals surface area contributed by atoms with Gasteiger partial charge in [-0.25, -0.2) is 9.59 Å². The number of imide groups is 1. The van der Waals surface area contributed by atoms with E-state index in [9.17, 15) is 18.6 Å². The van der Waals surface area contributed by atoms with Crippen molar-refractivity contribution in [1.82, 2.24) is 10.6 Å². The van der Waals surface area contributed by atoms with Gasteiger partial charge in [-0.15, -0.1) is 0 Å². The van der Waals surface area contributed by atoms with Crippen molar-refractivity contribution < 1.29 is 23.3 Å². The highest BCUT2D eigenvalue weighted by Gasteiger charge is 2.24. The second kappa shape index (κ2) is 10.2. The number of hydrogen-bond acceptors (Lipinski definition) is 5. The number of benzene rings is 1. The van der Waals surface area contributed by atoms with Crippen molar-refractivity contribution in [2.45, 2.75) is 63.0 Å². The molecule has 1 aliphatic carbocycles. The summed E-state index contributed by atoms with van der Waals surface area (Å²) in [6.45, 7) is 3.14. The van der Waals surface area contributed by atoms with Crippen LogP contribution in [0.5, 0.6) is 0 Å². The van der Waals surface area contributed by atoms with Crippen molar-refractivity contribution in [3.63, 3.8) is 0 Å². The molecule has 3 amide bonds. The zero-order valence-electron chi connectivity index (χ0n) is 15.7. The quantitative estimate of drug-likeness (QED) is 0.722. The first-order valence-electron chi connectivity index (χ1n) is 9.22. The predicted molar refractivity (Wildman–Crippen MR) is 102 cm³/mol. The van der Waals surface area contributed by atoms with Crippen molar-refractivity contribution in [2.75, 3.05) is 5.75 Å². The molecule has 0 saturated heterocycles. The van der Waals surface area contributed by atoms with Crippen LogP contribution in [-0.4, -0.2) is 40.0 Å². The number of hydrogen-bond donors (Lipinski definition) is 2. The molecule has 2 atom stereocenters. The Morgan fingerprint density at radius 3 is 2.52 bits per heavy atom. The first-order chi connectivity index (χ1) is 12.9. The molecular formula is C19H26N2O5S. The molecule has 1 aromatic rings. The van der Waals surface area contributed by atoms with Gasteiger partial charge in [0.05, 0.1) is 21.3 Å². The third-order valence-electron chi connectivity index (χ3n) is 4.44. The summed E-state index contributed by atoms with van der Waals surface area (Å²) in [5.41, 5.74) is 0.156. The van der Waals surface area contributed by atoms with Crippen LogP contribution in [0, 0.1) is 0 Å². The van der Waals surface area contributed by atoms with Crippen LogP contribution < -0.4 is 10.6 Å². The van der Waals surface area contributed by atoms with Gasteiger partial charge in [-0.2, -0.15) is 0 Å². The molecule has 0 bridgehead atoms.